The third-order valence-electron chi connectivity index (χ3n) is 5.45. The number of rotatable bonds is 7. The summed E-state index contributed by atoms with van der Waals surface area (Å²) in [4.78, 5) is 4.70. The fraction of sp³-hybridized carbons (Fsp3) is 0.941. The maximum Gasteiger partial charge on any atom is 0.213 e. The highest BCUT2D eigenvalue weighted by Crippen LogP contribution is 2.19. The first kappa shape index (κ1) is 23.4. The quantitative estimate of drug-likeness (QED) is 0.429. The van der Waals surface area contributed by atoms with Crippen LogP contribution < -0.4 is 10.6 Å². The van der Waals surface area contributed by atoms with E-state index in [-0.39, 0.29) is 11.8 Å². The molecule has 0 unspecified atom stereocenters. The number of nitrogens with one attached hydrogen (secondary N) is 2. The van der Waals surface area contributed by atoms with E-state index in [2.05, 4.69) is 10.6 Å². The second-order valence-corrected chi connectivity index (χ2v) is 11.8. The molecular weight excluding hydrogens is 402 g/mol. The van der Waals surface area contributed by atoms with Gasteiger partial charge >= 0.3 is 0 Å². The Balaban J connectivity index is 1.83. The zero-order valence-electron chi connectivity index (χ0n) is 17.2. The lowest BCUT2D eigenvalue weighted by Gasteiger charge is -2.32. The molecule has 2 saturated heterocycles. The molecule has 2 rings (SSSR count). The standard InChI is InChI=1S/C17H35N5O4S2/c1-4-18-17(19-14-15-6-10-21(11-7-15)27(3,23)24)20-16-8-12-22(13-9-16)28(25,26)5-2/h15-16H,4-14H2,1-3H3,(H2,18,19,20). The second-order valence-electron chi connectivity index (χ2n) is 7.54. The highest BCUT2D eigenvalue weighted by molar-refractivity contribution is 7.89. The smallest absolute Gasteiger partial charge is 0.213 e. The van der Waals surface area contributed by atoms with Crippen molar-refractivity contribution in [3.8, 4) is 0 Å². The number of hydrogen-bond donors (Lipinski definition) is 2. The van der Waals surface area contributed by atoms with Crippen molar-refractivity contribution < 1.29 is 16.8 Å². The van der Waals surface area contributed by atoms with Crippen LogP contribution in [0.15, 0.2) is 4.99 Å². The van der Waals surface area contributed by atoms with Gasteiger partial charge in [-0.15, -0.1) is 0 Å². The molecule has 0 aliphatic carbocycles. The second kappa shape index (κ2) is 10.2. The van der Waals surface area contributed by atoms with Gasteiger partial charge in [-0.05, 0) is 45.4 Å². The van der Waals surface area contributed by atoms with Crippen LogP contribution in [0.5, 0.6) is 0 Å². The molecule has 28 heavy (non-hydrogen) atoms. The number of piperidine rings is 2. The minimum Gasteiger partial charge on any atom is -0.357 e. The fourth-order valence-electron chi connectivity index (χ4n) is 3.62. The third kappa shape index (κ3) is 6.85. The molecule has 164 valence electrons. The lowest BCUT2D eigenvalue weighted by molar-refractivity contribution is 0.279. The highest BCUT2D eigenvalue weighted by atomic mass is 32.2. The van der Waals surface area contributed by atoms with Gasteiger partial charge in [0.1, 0.15) is 0 Å². The Hall–Kier alpha value is -0.910. The topological polar surface area (TPSA) is 111 Å². The molecule has 2 heterocycles. The van der Waals surface area contributed by atoms with E-state index in [0.29, 0.717) is 38.6 Å². The first-order valence-corrected chi connectivity index (χ1v) is 13.6. The summed E-state index contributed by atoms with van der Waals surface area (Å²) in [5.74, 6) is 1.28. The first-order chi connectivity index (χ1) is 13.2. The van der Waals surface area contributed by atoms with Gasteiger partial charge < -0.3 is 10.6 Å². The summed E-state index contributed by atoms with van der Waals surface area (Å²) in [6, 6.07) is 0.202. The van der Waals surface area contributed by atoms with E-state index in [9.17, 15) is 16.8 Å². The SMILES string of the molecule is CCNC(=NCC1CCN(S(C)(=O)=O)CC1)NC1CCN(S(=O)(=O)CC)CC1. The number of hydrogen-bond acceptors (Lipinski definition) is 5. The van der Waals surface area contributed by atoms with Gasteiger partial charge in [0, 0.05) is 45.3 Å². The first-order valence-electron chi connectivity index (χ1n) is 10.1. The zero-order chi connectivity index (χ0) is 20.8. The minimum atomic E-state index is -3.11. The van der Waals surface area contributed by atoms with E-state index in [1.165, 1.54) is 10.6 Å². The molecule has 2 N–H and O–H groups in total. The van der Waals surface area contributed by atoms with Crippen molar-refractivity contribution in [1.82, 2.24) is 19.2 Å². The lowest BCUT2D eigenvalue weighted by Crippen LogP contribution is -2.50. The van der Waals surface area contributed by atoms with Gasteiger partial charge in [0.2, 0.25) is 20.0 Å². The molecule has 2 aliphatic rings. The van der Waals surface area contributed by atoms with Crippen molar-refractivity contribution in [3.05, 3.63) is 0 Å². The van der Waals surface area contributed by atoms with Crippen LogP contribution in [0.25, 0.3) is 0 Å². The van der Waals surface area contributed by atoms with Crippen LogP contribution in [0.1, 0.15) is 39.5 Å². The molecule has 0 radical (unpaired) electrons. The minimum absolute atomic E-state index is 0.146. The van der Waals surface area contributed by atoms with Crippen molar-refractivity contribution in [1.29, 1.82) is 0 Å². The maximum absolute atomic E-state index is 12.0. The van der Waals surface area contributed by atoms with Gasteiger partial charge in [0.05, 0.1) is 12.0 Å². The molecule has 2 fully saturated rings. The van der Waals surface area contributed by atoms with Crippen molar-refractivity contribution in [2.45, 2.75) is 45.6 Å². The van der Waals surface area contributed by atoms with Crippen LogP contribution in [0.2, 0.25) is 0 Å². The molecule has 0 atom stereocenters. The summed E-state index contributed by atoms with van der Waals surface area (Å²) in [5.41, 5.74) is 0. The molecule has 0 spiro atoms. The third-order valence-corrected chi connectivity index (χ3v) is 8.63. The van der Waals surface area contributed by atoms with Crippen LogP contribution in [-0.2, 0) is 20.0 Å². The average Bonchev–Trinajstić information content (AvgIpc) is 2.66. The van der Waals surface area contributed by atoms with E-state index in [4.69, 9.17) is 4.99 Å². The van der Waals surface area contributed by atoms with Crippen LogP contribution in [0.3, 0.4) is 0 Å². The molecule has 2 aliphatic heterocycles. The predicted molar refractivity (Wildman–Crippen MR) is 112 cm³/mol. The number of sulfonamides is 2. The summed E-state index contributed by atoms with van der Waals surface area (Å²) in [7, 11) is -6.21. The van der Waals surface area contributed by atoms with E-state index in [0.717, 1.165) is 38.2 Å². The largest absolute Gasteiger partial charge is 0.357 e. The summed E-state index contributed by atoms with van der Waals surface area (Å²) >= 11 is 0. The molecule has 0 aromatic carbocycles. The molecule has 0 saturated carbocycles. The van der Waals surface area contributed by atoms with Crippen LogP contribution >= 0.6 is 0 Å². The normalized spacial score (nSPS) is 22.3. The monoisotopic (exact) mass is 437 g/mol. The molecule has 0 bridgehead atoms. The van der Waals surface area contributed by atoms with E-state index in [1.54, 1.807) is 11.2 Å². The molecule has 9 nitrogen and oxygen atoms in total. The van der Waals surface area contributed by atoms with E-state index in [1.807, 2.05) is 6.92 Å². The zero-order valence-corrected chi connectivity index (χ0v) is 18.9. The Bertz CT molecular complexity index is 723. The van der Waals surface area contributed by atoms with Gasteiger partial charge in [-0.1, -0.05) is 0 Å². The van der Waals surface area contributed by atoms with Gasteiger partial charge in [0.25, 0.3) is 0 Å². The van der Waals surface area contributed by atoms with Crippen LogP contribution in [-0.4, -0.2) is 88.7 Å². The van der Waals surface area contributed by atoms with Gasteiger partial charge in [-0.25, -0.2) is 25.4 Å². The van der Waals surface area contributed by atoms with Crippen molar-refractivity contribution in [2.75, 3.05) is 51.3 Å². The van der Waals surface area contributed by atoms with Gasteiger partial charge in [-0.2, -0.15) is 0 Å². The van der Waals surface area contributed by atoms with Crippen molar-refractivity contribution in [3.63, 3.8) is 0 Å². The van der Waals surface area contributed by atoms with E-state index >= 15 is 0 Å². The Kier molecular flexibility index (Phi) is 8.53. The van der Waals surface area contributed by atoms with Crippen LogP contribution in [0, 0.1) is 5.92 Å². The Morgan fingerprint density at radius 2 is 1.54 bits per heavy atom. The number of guanidine groups is 1. The summed E-state index contributed by atoms with van der Waals surface area (Å²) in [5, 5.41) is 6.69. The number of aliphatic imine (C=N–C) groups is 1. The molecule has 11 heteroatoms. The van der Waals surface area contributed by atoms with Crippen LogP contribution in [0.4, 0.5) is 0 Å². The van der Waals surface area contributed by atoms with Gasteiger partial charge in [0.15, 0.2) is 5.96 Å². The Morgan fingerprint density at radius 3 is 2.04 bits per heavy atom. The lowest BCUT2D eigenvalue weighted by atomic mass is 9.98. The number of nitrogens with zero attached hydrogens (tertiary/aromatic N) is 3. The summed E-state index contributed by atoms with van der Waals surface area (Å²) in [6.45, 7) is 7.31. The highest BCUT2D eigenvalue weighted by Gasteiger charge is 2.27. The fourth-order valence-corrected chi connectivity index (χ4v) is 5.62. The molecule has 0 aromatic rings. The van der Waals surface area contributed by atoms with Crippen molar-refractivity contribution >= 4 is 26.0 Å². The Labute approximate surface area is 170 Å². The van der Waals surface area contributed by atoms with Gasteiger partial charge in [-0.3, -0.25) is 4.99 Å². The molecule has 0 amide bonds. The van der Waals surface area contributed by atoms with Crippen molar-refractivity contribution in [2.24, 2.45) is 10.9 Å². The molecule has 0 aromatic heterocycles. The summed E-state index contributed by atoms with van der Waals surface area (Å²) in [6.07, 6.45) is 4.43. The van der Waals surface area contributed by atoms with E-state index < -0.39 is 20.0 Å². The summed E-state index contributed by atoms with van der Waals surface area (Å²) < 4.78 is 50.3. The molecular formula is C17H35N5O4S2. The predicted octanol–water partition coefficient (Wildman–Crippen LogP) is 0.0272. The average molecular weight is 438 g/mol. The maximum atomic E-state index is 12.0. The Morgan fingerprint density at radius 1 is 0.964 bits per heavy atom.